The van der Waals surface area contributed by atoms with Crippen LogP contribution in [0, 0.1) is 0 Å². The standard InChI is InChI=1S/C16H16F2N4O3/c17-16(18)25-12-3-1-2-11(8-12)21-15(23)13-9-14(20-10-19-13)22-4-6-24-7-5-22/h1-3,8-10,16H,4-7H2,(H,21,23). The second-order valence-electron chi connectivity index (χ2n) is 5.22. The monoisotopic (exact) mass is 350 g/mol. The van der Waals surface area contributed by atoms with Crippen molar-refractivity contribution in [1.82, 2.24) is 9.97 Å². The molecule has 1 aliphatic rings. The number of carbonyl (C=O) groups is 1. The van der Waals surface area contributed by atoms with Gasteiger partial charge >= 0.3 is 6.61 Å². The summed E-state index contributed by atoms with van der Waals surface area (Å²) in [6.45, 7) is -0.356. The molecule has 0 bridgehead atoms. The molecule has 0 saturated carbocycles. The van der Waals surface area contributed by atoms with Crippen molar-refractivity contribution in [2.24, 2.45) is 0 Å². The van der Waals surface area contributed by atoms with Gasteiger partial charge < -0.3 is 19.7 Å². The van der Waals surface area contributed by atoms with Crippen molar-refractivity contribution in [3.8, 4) is 5.75 Å². The van der Waals surface area contributed by atoms with E-state index in [1.807, 2.05) is 4.90 Å². The van der Waals surface area contributed by atoms with E-state index >= 15 is 0 Å². The van der Waals surface area contributed by atoms with Gasteiger partial charge in [-0.15, -0.1) is 0 Å². The van der Waals surface area contributed by atoms with E-state index in [9.17, 15) is 13.6 Å². The molecule has 1 saturated heterocycles. The number of hydrogen-bond acceptors (Lipinski definition) is 6. The van der Waals surface area contributed by atoms with Gasteiger partial charge in [-0.05, 0) is 12.1 Å². The van der Waals surface area contributed by atoms with E-state index < -0.39 is 12.5 Å². The van der Waals surface area contributed by atoms with E-state index in [-0.39, 0.29) is 11.4 Å². The van der Waals surface area contributed by atoms with Gasteiger partial charge in [0, 0.05) is 30.9 Å². The van der Waals surface area contributed by atoms with Crippen LogP contribution >= 0.6 is 0 Å². The fourth-order valence-corrected chi connectivity index (χ4v) is 2.38. The molecule has 1 aromatic heterocycles. The van der Waals surface area contributed by atoms with Crippen LogP contribution in [0.3, 0.4) is 0 Å². The van der Waals surface area contributed by atoms with E-state index in [4.69, 9.17) is 4.74 Å². The molecule has 1 aliphatic heterocycles. The number of rotatable bonds is 5. The Hall–Kier alpha value is -2.81. The topological polar surface area (TPSA) is 76.6 Å². The molecule has 0 radical (unpaired) electrons. The number of morpholine rings is 1. The van der Waals surface area contributed by atoms with Gasteiger partial charge in [0.25, 0.3) is 5.91 Å². The molecule has 1 amide bonds. The molecule has 3 rings (SSSR count). The average Bonchev–Trinajstić information content (AvgIpc) is 2.62. The maximum atomic E-state index is 12.3. The van der Waals surface area contributed by atoms with Crippen molar-refractivity contribution in [1.29, 1.82) is 0 Å². The number of ether oxygens (including phenoxy) is 2. The quantitative estimate of drug-likeness (QED) is 0.891. The van der Waals surface area contributed by atoms with Gasteiger partial charge in [-0.1, -0.05) is 6.07 Å². The number of anilines is 2. The van der Waals surface area contributed by atoms with Gasteiger partial charge in [-0.2, -0.15) is 8.78 Å². The minimum absolute atomic E-state index is 0.0375. The smallest absolute Gasteiger partial charge is 0.387 e. The lowest BCUT2D eigenvalue weighted by Crippen LogP contribution is -2.37. The summed E-state index contributed by atoms with van der Waals surface area (Å²) in [7, 11) is 0. The maximum absolute atomic E-state index is 12.3. The Labute approximate surface area is 142 Å². The fourth-order valence-electron chi connectivity index (χ4n) is 2.38. The summed E-state index contributed by atoms with van der Waals surface area (Å²) in [5.41, 5.74) is 0.506. The second-order valence-corrected chi connectivity index (χ2v) is 5.22. The summed E-state index contributed by atoms with van der Waals surface area (Å²) in [6, 6.07) is 7.35. The summed E-state index contributed by atoms with van der Waals surface area (Å²) in [5, 5.41) is 2.60. The summed E-state index contributed by atoms with van der Waals surface area (Å²) >= 11 is 0. The molecule has 25 heavy (non-hydrogen) atoms. The molecule has 1 aromatic carbocycles. The molecular formula is C16H16F2N4O3. The van der Waals surface area contributed by atoms with Crippen LogP contribution in [-0.4, -0.2) is 48.8 Å². The number of amides is 1. The highest BCUT2D eigenvalue weighted by molar-refractivity contribution is 6.03. The Morgan fingerprint density at radius 2 is 2.04 bits per heavy atom. The Bertz CT molecular complexity index is 739. The van der Waals surface area contributed by atoms with Gasteiger partial charge in [0.1, 0.15) is 23.6 Å². The zero-order valence-electron chi connectivity index (χ0n) is 13.2. The van der Waals surface area contributed by atoms with Crippen molar-refractivity contribution in [2.45, 2.75) is 6.61 Å². The van der Waals surface area contributed by atoms with Gasteiger partial charge in [0.2, 0.25) is 0 Å². The van der Waals surface area contributed by atoms with Crippen LogP contribution in [-0.2, 0) is 4.74 Å². The molecule has 132 valence electrons. The third-order valence-corrected chi connectivity index (χ3v) is 3.54. The first-order chi connectivity index (χ1) is 12.1. The highest BCUT2D eigenvalue weighted by Gasteiger charge is 2.16. The van der Waals surface area contributed by atoms with Gasteiger partial charge in [0.05, 0.1) is 13.2 Å². The van der Waals surface area contributed by atoms with Crippen molar-refractivity contribution < 1.29 is 23.0 Å². The Morgan fingerprint density at radius 3 is 2.80 bits per heavy atom. The largest absolute Gasteiger partial charge is 0.435 e. The predicted octanol–water partition coefficient (Wildman–Crippen LogP) is 2.17. The predicted molar refractivity (Wildman–Crippen MR) is 86.1 cm³/mol. The Balaban J connectivity index is 1.71. The highest BCUT2D eigenvalue weighted by atomic mass is 19.3. The summed E-state index contributed by atoms with van der Waals surface area (Å²) in [5.74, 6) is 0.133. The lowest BCUT2D eigenvalue weighted by Gasteiger charge is -2.27. The van der Waals surface area contributed by atoms with E-state index in [1.165, 1.54) is 24.5 Å². The molecule has 7 nitrogen and oxygen atoms in total. The van der Waals surface area contributed by atoms with Crippen molar-refractivity contribution >= 4 is 17.4 Å². The normalized spacial score (nSPS) is 14.4. The zero-order valence-corrected chi connectivity index (χ0v) is 13.2. The van der Waals surface area contributed by atoms with E-state index in [1.54, 1.807) is 12.1 Å². The molecule has 0 spiro atoms. The molecule has 0 aliphatic carbocycles. The summed E-state index contributed by atoms with van der Waals surface area (Å²) in [4.78, 5) is 22.5. The zero-order chi connectivity index (χ0) is 17.6. The summed E-state index contributed by atoms with van der Waals surface area (Å²) in [6.07, 6.45) is 1.32. The number of halogens is 2. The van der Waals surface area contributed by atoms with Gasteiger partial charge in [-0.3, -0.25) is 4.79 Å². The molecular weight excluding hydrogens is 334 g/mol. The lowest BCUT2D eigenvalue weighted by atomic mass is 10.2. The first kappa shape index (κ1) is 17.0. The number of carbonyl (C=O) groups excluding carboxylic acids is 1. The Morgan fingerprint density at radius 1 is 1.24 bits per heavy atom. The fraction of sp³-hybridized carbons (Fsp3) is 0.312. The van der Waals surface area contributed by atoms with Crippen LogP contribution in [0.5, 0.6) is 5.75 Å². The van der Waals surface area contributed by atoms with E-state index in [2.05, 4.69) is 20.0 Å². The van der Waals surface area contributed by atoms with Crippen LogP contribution in [0.15, 0.2) is 36.7 Å². The number of aromatic nitrogens is 2. The van der Waals surface area contributed by atoms with Crippen LogP contribution in [0.4, 0.5) is 20.3 Å². The summed E-state index contributed by atoms with van der Waals surface area (Å²) < 4.78 is 34.1. The minimum Gasteiger partial charge on any atom is -0.435 e. The highest BCUT2D eigenvalue weighted by Crippen LogP contribution is 2.20. The van der Waals surface area contributed by atoms with E-state index in [0.717, 1.165) is 0 Å². The maximum Gasteiger partial charge on any atom is 0.387 e. The van der Waals surface area contributed by atoms with Crippen molar-refractivity contribution in [3.05, 3.63) is 42.4 Å². The van der Waals surface area contributed by atoms with Crippen LogP contribution < -0.4 is 15.0 Å². The molecule has 2 heterocycles. The molecule has 1 N–H and O–H groups in total. The van der Waals surface area contributed by atoms with Crippen LogP contribution in [0.25, 0.3) is 0 Å². The number of hydrogen-bond donors (Lipinski definition) is 1. The van der Waals surface area contributed by atoms with Gasteiger partial charge in [-0.25, -0.2) is 9.97 Å². The van der Waals surface area contributed by atoms with Crippen LogP contribution in [0.2, 0.25) is 0 Å². The lowest BCUT2D eigenvalue weighted by molar-refractivity contribution is -0.0497. The van der Waals surface area contributed by atoms with Crippen molar-refractivity contribution in [2.75, 3.05) is 36.5 Å². The molecule has 0 atom stereocenters. The molecule has 1 fully saturated rings. The number of nitrogens with zero attached hydrogens (tertiary/aromatic N) is 3. The van der Waals surface area contributed by atoms with Crippen LogP contribution in [0.1, 0.15) is 10.5 Å². The Kier molecular flexibility index (Phi) is 5.34. The second kappa shape index (κ2) is 7.84. The number of nitrogens with one attached hydrogen (secondary N) is 1. The minimum atomic E-state index is -2.93. The third-order valence-electron chi connectivity index (χ3n) is 3.54. The van der Waals surface area contributed by atoms with Crippen molar-refractivity contribution in [3.63, 3.8) is 0 Å². The molecule has 9 heteroatoms. The number of alkyl halides is 2. The molecule has 0 unspecified atom stereocenters. The SMILES string of the molecule is O=C(Nc1cccc(OC(F)F)c1)c1cc(N2CCOCC2)ncn1. The average molecular weight is 350 g/mol. The third kappa shape index (κ3) is 4.60. The van der Waals surface area contributed by atoms with Gasteiger partial charge in [0.15, 0.2) is 0 Å². The van der Waals surface area contributed by atoms with E-state index in [0.29, 0.717) is 37.8 Å². The first-order valence-electron chi connectivity index (χ1n) is 7.63. The molecule has 2 aromatic rings. The number of benzene rings is 1. The first-order valence-corrected chi connectivity index (χ1v) is 7.63.